The Morgan fingerprint density at radius 1 is 1.29 bits per heavy atom. The zero-order valence-corrected chi connectivity index (χ0v) is 4.35. The van der Waals surface area contributed by atoms with Crippen LogP contribution >= 0.6 is 0 Å². The van der Waals surface area contributed by atoms with Gasteiger partial charge in [-0.25, -0.2) is 0 Å². The Bertz CT molecular complexity index is 122. The molecule has 0 fully saturated rings. The van der Waals surface area contributed by atoms with Crippen LogP contribution in [0.1, 0.15) is 20.6 Å². The van der Waals surface area contributed by atoms with Crippen LogP contribution in [0, 0.1) is 0 Å². The molecule has 0 aliphatic heterocycles. The molecule has 0 heterocycles. The van der Waals surface area contributed by atoms with Gasteiger partial charge in [-0.05, 0) is 19.3 Å². The average molecular weight is 95.2 g/mol. The molecule has 0 unspecified atom stereocenters. The van der Waals surface area contributed by atoms with Crippen molar-refractivity contribution in [2.75, 3.05) is 0 Å². The van der Waals surface area contributed by atoms with E-state index in [2.05, 4.69) is 6.08 Å². The van der Waals surface area contributed by atoms with Crippen LogP contribution in [0.15, 0.2) is 24.3 Å². The molecule has 0 amide bonds. The minimum absolute atomic E-state index is 0.669. The molecule has 1 aliphatic carbocycles. The van der Waals surface area contributed by atoms with E-state index < -0.39 is 0 Å². The van der Waals surface area contributed by atoms with Gasteiger partial charge in [0.25, 0.3) is 0 Å². The molecule has 0 aromatic rings. The van der Waals surface area contributed by atoms with E-state index in [4.69, 9.17) is 1.37 Å². The predicted octanol–water partition coefficient (Wildman–Crippen LogP) is 2.28. The molecule has 0 spiro atoms. The molecule has 0 N–H and O–H groups in total. The summed E-state index contributed by atoms with van der Waals surface area (Å²) in [6, 6.07) is 0.669. The van der Waals surface area contributed by atoms with Gasteiger partial charge in [-0.1, -0.05) is 24.3 Å². The van der Waals surface area contributed by atoms with Gasteiger partial charge < -0.3 is 0 Å². The van der Waals surface area contributed by atoms with Gasteiger partial charge >= 0.3 is 0 Å². The maximum absolute atomic E-state index is 7.19. The molecule has 0 saturated heterocycles. The van der Waals surface area contributed by atoms with Gasteiger partial charge in [-0.15, -0.1) is 0 Å². The lowest BCUT2D eigenvalue weighted by Gasteiger charge is -1.81. The summed E-state index contributed by atoms with van der Waals surface area (Å²) in [5, 5.41) is 0. The van der Waals surface area contributed by atoms with E-state index in [-0.39, 0.29) is 0 Å². The number of allylic oxidation sites excluding steroid dienone is 4. The number of rotatable bonds is 0. The quantitative estimate of drug-likeness (QED) is 0.433. The van der Waals surface area contributed by atoms with Crippen LogP contribution < -0.4 is 0 Å². The smallest absolute Gasteiger partial charge is 0.0619 e. The van der Waals surface area contributed by atoms with E-state index in [9.17, 15) is 0 Å². The minimum atomic E-state index is 0.669. The number of hydrogen-bond donors (Lipinski definition) is 0. The predicted molar refractivity (Wildman–Crippen MR) is 32.1 cm³/mol. The topological polar surface area (TPSA) is 0 Å². The normalized spacial score (nSPS) is 22.9. The van der Waals surface area contributed by atoms with Crippen molar-refractivity contribution in [1.82, 2.24) is 0 Å². The minimum Gasteiger partial charge on any atom is -0.0845 e. The van der Waals surface area contributed by atoms with Crippen LogP contribution in [0.4, 0.5) is 0 Å². The summed E-state index contributed by atoms with van der Waals surface area (Å²) in [7, 11) is 0. The molecule has 0 aromatic carbocycles. The van der Waals surface area contributed by atoms with Crippen molar-refractivity contribution in [1.29, 1.82) is 0 Å². The van der Waals surface area contributed by atoms with Crippen molar-refractivity contribution in [3.8, 4) is 0 Å². The fraction of sp³-hybridized carbons (Fsp3) is 0.429. The molecule has 38 valence electrons. The molecule has 0 heteroatoms. The summed E-state index contributed by atoms with van der Waals surface area (Å²) in [4.78, 5) is 0. The molecule has 0 atom stereocenters. The Labute approximate surface area is 45.9 Å². The van der Waals surface area contributed by atoms with E-state index in [1.54, 1.807) is 0 Å². The molecule has 1 aliphatic rings. The Hall–Kier alpha value is -0.520. The summed E-state index contributed by atoms with van der Waals surface area (Å²) >= 11 is 0. The molecule has 7 heavy (non-hydrogen) atoms. The fourth-order valence-corrected chi connectivity index (χ4v) is 0.641. The Morgan fingerprint density at radius 3 is 3.14 bits per heavy atom. The van der Waals surface area contributed by atoms with Crippen LogP contribution in [0.25, 0.3) is 0 Å². The van der Waals surface area contributed by atoms with Gasteiger partial charge in [0.2, 0.25) is 0 Å². The van der Waals surface area contributed by atoms with Crippen molar-refractivity contribution >= 4 is 0 Å². The van der Waals surface area contributed by atoms with Crippen molar-refractivity contribution in [2.24, 2.45) is 0 Å². The second-order valence-electron chi connectivity index (χ2n) is 1.70. The van der Waals surface area contributed by atoms with Gasteiger partial charge in [0, 0.05) is 0 Å². The first-order chi connectivity index (χ1) is 3.89. The van der Waals surface area contributed by atoms with Gasteiger partial charge in [-0.3, -0.25) is 0 Å². The van der Waals surface area contributed by atoms with Crippen LogP contribution in [-0.2, 0) is 0 Å². The van der Waals surface area contributed by atoms with Gasteiger partial charge in [-0.2, -0.15) is 0 Å². The number of hydrogen-bond acceptors (Lipinski definition) is 0. The zero-order valence-electron chi connectivity index (χ0n) is 5.35. The Balaban J connectivity index is 2.55. The lowest BCUT2D eigenvalue weighted by Crippen LogP contribution is -1.62. The zero-order chi connectivity index (χ0) is 5.82. The van der Waals surface area contributed by atoms with E-state index in [1.165, 1.54) is 6.42 Å². The second kappa shape index (κ2) is 2.62. The van der Waals surface area contributed by atoms with Crippen molar-refractivity contribution in [2.45, 2.75) is 19.3 Å². The Morgan fingerprint density at radius 2 is 2.14 bits per heavy atom. The molecule has 0 saturated carbocycles. The highest BCUT2D eigenvalue weighted by Gasteiger charge is 1.81. The van der Waals surface area contributed by atoms with E-state index >= 15 is 0 Å². The SMILES string of the molecule is [2H]C1=CCCCC=C1. The average Bonchev–Trinajstić information content (AvgIpc) is 1.94. The summed E-state index contributed by atoms with van der Waals surface area (Å²) in [6.45, 7) is 0. The van der Waals surface area contributed by atoms with Gasteiger partial charge in [0.05, 0.1) is 1.37 Å². The maximum atomic E-state index is 7.19. The van der Waals surface area contributed by atoms with Crippen molar-refractivity contribution in [3.63, 3.8) is 0 Å². The first kappa shape index (κ1) is 3.48. The molecular weight excluding hydrogens is 84.1 g/mol. The van der Waals surface area contributed by atoms with E-state index in [0.29, 0.717) is 6.05 Å². The van der Waals surface area contributed by atoms with Crippen LogP contribution in [0.3, 0.4) is 0 Å². The van der Waals surface area contributed by atoms with Gasteiger partial charge in [0.1, 0.15) is 0 Å². The lowest BCUT2D eigenvalue weighted by molar-refractivity contribution is 0.876. The molecular formula is C7H10. The highest BCUT2D eigenvalue weighted by Crippen LogP contribution is 2.01. The molecule has 0 bridgehead atoms. The third-order valence-electron chi connectivity index (χ3n) is 1.05. The highest BCUT2D eigenvalue weighted by molar-refractivity contribution is 5.04. The summed E-state index contributed by atoms with van der Waals surface area (Å²) in [5.41, 5.74) is 0. The van der Waals surface area contributed by atoms with Crippen LogP contribution in [0.5, 0.6) is 0 Å². The molecule has 1 rings (SSSR count). The first-order valence-electron chi connectivity index (χ1n) is 3.23. The Kier molecular flexibility index (Phi) is 1.30. The lowest BCUT2D eigenvalue weighted by atomic mass is 10.2. The monoisotopic (exact) mass is 95.1 g/mol. The first-order valence-corrected chi connectivity index (χ1v) is 2.73. The molecule has 0 radical (unpaired) electrons. The third kappa shape index (κ3) is 1.58. The summed E-state index contributed by atoms with van der Waals surface area (Å²) < 4.78 is 7.19. The van der Waals surface area contributed by atoms with Gasteiger partial charge in [0.15, 0.2) is 0 Å². The molecule has 0 aromatic heterocycles. The van der Waals surface area contributed by atoms with Crippen molar-refractivity contribution < 1.29 is 1.37 Å². The summed E-state index contributed by atoms with van der Waals surface area (Å²) in [6.07, 6.45) is 9.31. The fourth-order valence-electron chi connectivity index (χ4n) is 0.641. The maximum Gasteiger partial charge on any atom is 0.0619 e. The van der Waals surface area contributed by atoms with Crippen molar-refractivity contribution in [3.05, 3.63) is 24.3 Å². The molecule has 0 nitrogen and oxygen atoms in total. The largest absolute Gasteiger partial charge is 0.0845 e. The standard InChI is InChI=1S/C7H10/c1-2-4-6-7-5-3-1/h1-4H,5-7H2/i1D. The van der Waals surface area contributed by atoms with E-state index in [0.717, 1.165) is 12.8 Å². The van der Waals surface area contributed by atoms with Crippen LogP contribution in [-0.4, -0.2) is 0 Å². The highest BCUT2D eigenvalue weighted by atomic mass is 13.9. The van der Waals surface area contributed by atoms with E-state index in [1.807, 2.05) is 12.2 Å². The van der Waals surface area contributed by atoms with Crippen LogP contribution in [0.2, 0.25) is 0 Å². The summed E-state index contributed by atoms with van der Waals surface area (Å²) in [5.74, 6) is 0. The second-order valence-corrected chi connectivity index (χ2v) is 1.70. The third-order valence-corrected chi connectivity index (χ3v) is 1.05.